The molecule has 1 saturated heterocycles. The van der Waals surface area contributed by atoms with Crippen LogP contribution < -0.4 is 4.74 Å². The highest BCUT2D eigenvalue weighted by Gasteiger charge is 2.15. The van der Waals surface area contributed by atoms with Gasteiger partial charge in [0.25, 0.3) is 0 Å². The van der Waals surface area contributed by atoms with E-state index in [2.05, 4.69) is 24.0 Å². The van der Waals surface area contributed by atoms with Gasteiger partial charge in [0.05, 0.1) is 6.61 Å². The first-order chi connectivity index (χ1) is 9.29. The van der Waals surface area contributed by atoms with Crippen molar-refractivity contribution >= 4 is 5.78 Å². The van der Waals surface area contributed by atoms with Crippen LogP contribution in [0.5, 0.6) is 5.75 Å². The first kappa shape index (κ1) is 14.1. The van der Waals surface area contributed by atoms with Crippen molar-refractivity contribution in [3.8, 4) is 5.75 Å². The van der Waals surface area contributed by atoms with E-state index in [1.807, 2.05) is 12.1 Å². The molecule has 0 atom stereocenters. The molecular weight excluding hydrogens is 238 g/mol. The van der Waals surface area contributed by atoms with Crippen LogP contribution in [0.4, 0.5) is 0 Å². The number of hydrogen-bond donors (Lipinski definition) is 0. The summed E-state index contributed by atoms with van der Waals surface area (Å²) < 4.78 is 5.85. The molecule has 2 rings (SSSR count). The predicted molar refractivity (Wildman–Crippen MR) is 76.6 cm³/mol. The Morgan fingerprint density at radius 2 is 1.95 bits per heavy atom. The molecule has 1 fully saturated rings. The van der Waals surface area contributed by atoms with Gasteiger partial charge in [-0.1, -0.05) is 25.1 Å². The number of Topliss-reactive ketones (excluding diaryl/α,β-unsaturated/α-hetero) is 1. The van der Waals surface area contributed by atoms with Crippen LogP contribution in [0.15, 0.2) is 24.3 Å². The average Bonchev–Trinajstić information content (AvgIpc) is 2.46. The summed E-state index contributed by atoms with van der Waals surface area (Å²) in [6, 6.07) is 8.23. The number of para-hydroxylation sites is 1. The van der Waals surface area contributed by atoms with E-state index in [4.69, 9.17) is 4.74 Å². The highest BCUT2D eigenvalue weighted by atomic mass is 16.5. The number of carbonyl (C=O) groups excluding carboxylic acids is 1. The number of aryl methyl sites for hydroxylation is 1. The van der Waals surface area contributed by atoms with Crippen LogP contribution in [0.2, 0.25) is 0 Å². The van der Waals surface area contributed by atoms with Crippen LogP contribution in [0.25, 0.3) is 0 Å². The number of likely N-dealkylation sites (tertiary alicyclic amines) is 1. The zero-order chi connectivity index (χ0) is 13.5. The maximum Gasteiger partial charge on any atom is 0.135 e. The van der Waals surface area contributed by atoms with E-state index >= 15 is 0 Å². The topological polar surface area (TPSA) is 29.5 Å². The SMILES string of the molecule is CCc1ccccc1OCCCN1CCC(=O)CC1. The third-order valence-electron chi connectivity index (χ3n) is 3.64. The smallest absolute Gasteiger partial charge is 0.135 e. The third-order valence-corrected chi connectivity index (χ3v) is 3.64. The number of ketones is 1. The Labute approximate surface area is 115 Å². The van der Waals surface area contributed by atoms with E-state index in [-0.39, 0.29) is 0 Å². The number of benzene rings is 1. The fraction of sp³-hybridized carbons (Fsp3) is 0.562. The van der Waals surface area contributed by atoms with Gasteiger partial charge in [-0.3, -0.25) is 4.79 Å². The molecule has 3 nitrogen and oxygen atoms in total. The van der Waals surface area contributed by atoms with Gasteiger partial charge in [0.2, 0.25) is 0 Å². The van der Waals surface area contributed by atoms with Gasteiger partial charge in [0.15, 0.2) is 0 Å². The molecule has 0 aromatic heterocycles. The van der Waals surface area contributed by atoms with E-state index in [9.17, 15) is 4.79 Å². The molecular formula is C16H23NO2. The Kier molecular flexibility index (Phi) is 5.40. The quantitative estimate of drug-likeness (QED) is 0.737. The summed E-state index contributed by atoms with van der Waals surface area (Å²) in [7, 11) is 0. The molecule has 0 saturated carbocycles. The summed E-state index contributed by atoms with van der Waals surface area (Å²) in [4.78, 5) is 13.5. The third kappa shape index (κ3) is 4.35. The molecule has 0 bridgehead atoms. The van der Waals surface area contributed by atoms with Crippen molar-refractivity contribution < 1.29 is 9.53 Å². The molecule has 3 heteroatoms. The summed E-state index contributed by atoms with van der Waals surface area (Å²) in [5.74, 6) is 1.42. The van der Waals surface area contributed by atoms with Crippen LogP contribution in [0.3, 0.4) is 0 Å². The minimum atomic E-state index is 0.407. The number of hydrogen-bond acceptors (Lipinski definition) is 3. The Hall–Kier alpha value is -1.35. The monoisotopic (exact) mass is 261 g/mol. The fourth-order valence-electron chi connectivity index (χ4n) is 2.43. The predicted octanol–water partition coefficient (Wildman–Crippen LogP) is 2.68. The summed E-state index contributed by atoms with van der Waals surface area (Å²) in [6.45, 7) is 5.77. The molecule has 1 aliphatic rings. The summed E-state index contributed by atoms with van der Waals surface area (Å²) in [5, 5.41) is 0. The first-order valence-corrected chi connectivity index (χ1v) is 7.24. The molecule has 1 aromatic carbocycles. The Morgan fingerprint density at radius 3 is 2.68 bits per heavy atom. The van der Waals surface area contributed by atoms with Crippen molar-refractivity contribution in [1.29, 1.82) is 0 Å². The number of piperidine rings is 1. The lowest BCUT2D eigenvalue weighted by atomic mass is 10.1. The largest absolute Gasteiger partial charge is 0.493 e. The highest BCUT2D eigenvalue weighted by molar-refractivity contribution is 5.79. The van der Waals surface area contributed by atoms with Gasteiger partial charge in [-0.15, -0.1) is 0 Å². The molecule has 104 valence electrons. The maximum atomic E-state index is 11.1. The van der Waals surface area contributed by atoms with E-state index in [1.54, 1.807) is 0 Å². The van der Waals surface area contributed by atoms with E-state index in [1.165, 1.54) is 5.56 Å². The summed E-state index contributed by atoms with van der Waals surface area (Å²) in [6.07, 6.45) is 3.47. The molecule has 19 heavy (non-hydrogen) atoms. The van der Waals surface area contributed by atoms with Crippen molar-refractivity contribution in [2.24, 2.45) is 0 Å². The number of rotatable bonds is 6. The molecule has 1 aliphatic heterocycles. The van der Waals surface area contributed by atoms with Gasteiger partial charge < -0.3 is 9.64 Å². The molecule has 0 radical (unpaired) electrons. The van der Waals surface area contributed by atoms with Gasteiger partial charge in [-0.2, -0.15) is 0 Å². The second kappa shape index (κ2) is 7.29. The first-order valence-electron chi connectivity index (χ1n) is 7.24. The van der Waals surface area contributed by atoms with Crippen molar-refractivity contribution in [2.75, 3.05) is 26.2 Å². The van der Waals surface area contributed by atoms with Crippen molar-refractivity contribution in [3.63, 3.8) is 0 Å². The molecule has 0 spiro atoms. The summed E-state index contributed by atoms with van der Waals surface area (Å²) >= 11 is 0. The molecule has 0 N–H and O–H groups in total. The van der Waals surface area contributed by atoms with Crippen molar-refractivity contribution in [2.45, 2.75) is 32.6 Å². The van der Waals surface area contributed by atoms with Gasteiger partial charge >= 0.3 is 0 Å². The number of ether oxygens (including phenoxy) is 1. The van der Waals surface area contributed by atoms with Crippen molar-refractivity contribution in [3.05, 3.63) is 29.8 Å². The molecule has 0 amide bonds. The highest BCUT2D eigenvalue weighted by Crippen LogP contribution is 2.18. The summed E-state index contributed by atoms with van der Waals surface area (Å²) in [5.41, 5.74) is 1.27. The van der Waals surface area contributed by atoms with Gasteiger partial charge in [-0.05, 0) is 24.5 Å². The lowest BCUT2D eigenvalue weighted by molar-refractivity contribution is -0.121. The van der Waals surface area contributed by atoms with Crippen LogP contribution in [0.1, 0.15) is 31.7 Å². The zero-order valence-corrected chi connectivity index (χ0v) is 11.7. The molecule has 0 aliphatic carbocycles. The Bertz CT molecular complexity index is 407. The Morgan fingerprint density at radius 1 is 1.21 bits per heavy atom. The van der Waals surface area contributed by atoms with Crippen LogP contribution in [-0.4, -0.2) is 36.9 Å². The molecule has 0 unspecified atom stereocenters. The average molecular weight is 261 g/mol. The lowest BCUT2D eigenvalue weighted by Crippen LogP contribution is -2.35. The Balaban J connectivity index is 1.68. The van der Waals surface area contributed by atoms with Gasteiger partial charge in [0, 0.05) is 32.5 Å². The van der Waals surface area contributed by atoms with Crippen LogP contribution >= 0.6 is 0 Å². The van der Waals surface area contributed by atoms with E-state index < -0.39 is 0 Å². The molecule has 1 heterocycles. The zero-order valence-electron chi connectivity index (χ0n) is 11.7. The van der Waals surface area contributed by atoms with Gasteiger partial charge in [-0.25, -0.2) is 0 Å². The van der Waals surface area contributed by atoms with E-state index in [0.717, 1.165) is 57.7 Å². The minimum absolute atomic E-state index is 0.407. The van der Waals surface area contributed by atoms with Crippen molar-refractivity contribution in [1.82, 2.24) is 4.90 Å². The molecule has 1 aromatic rings. The normalized spacial score (nSPS) is 16.6. The maximum absolute atomic E-state index is 11.1. The van der Waals surface area contributed by atoms with E-state index in [0.29, 0.717) is 5.78 Å². The number of nitrogens with zero attached hydrogens (tertiary/aromatic N) is 1. The standard InChI is InChI=1S/C16H23NO2/c1-2-14-6-3-4-7-16(14)19-13-5-10-17-11-8-15(18)9-12-17/h3-4,6-7H,2,5,8-13H2,1H3. The second-order valence-electron chi connectivity index (χ2n) is 5.04. The fourth-order valence-corrected chi connectivity index (χ4v) is 2.43. The second-order valence-corrected chi connectivity index (χ2v) is 5.04. The van der Waals surface area contributed by atoms with Crippen LogP contribution in [-0.2, 0) is 11.2 Å². The van der Waals surface area contributed by atoms with Gasteiger partial charge in [0.1, 0.15) is 11.5 Å². The lowest BCUT2D eigenvalue weighted by Gasteiger charge is -2.25. The number of carbonyl (C=O) groups is 1. The van der Waals surface area contributed by atoms with Crippen LogP contribution in [0, 0.1) is 0 Å². The minimum Gasteiger partial charge on any atom is -0.493 e.